The minimum atomic E-state index is -0.494. The fraction of sp³-hybridized carbons (Fsp3) is 0.625. The van der Waals surface area contributed by atoms with Crippen LogP contribution in [0.1, 0.15) is 20.3 Å². The van der Waals surface area contributed by atoms with Gasteiger partial charge >= 0.3 is 0 Å². The number of nitrogens with one attached hydrogen (secondary N) is 1. The lowest BCUT2D eigenvalue weighted by Crippen LogP contribution is -2.34. The topological polar surface area (TPSA) is 44.7 Å². The second kappa shape index (κ2) is 10.2. The SMILES string of the molecule is CC(C)N(C)CCCNCC(O)COc1cccc(Br)c1. The Bertz CT molecular complexity index is 402. The summed E-state index contributed by atoms with van der Waals surface area (Å²) in [5, 5.41) is 13.1. The highest BCUT2D eigenvalue weighted by Crippen LogP contribution is 2.17. The molecular weight excluding hydrogens is 332 g/mol. The van der Waals surface area contributed by atoms with Crippen molar-refractivity contribution in [2.45, 2.75) is 32.4 Å². The van der Waals surface area contributed by atoms with Crippen LogP contribution in [0.5, 0.6) is 5.75 Å². The molecule has 1 rings (SSSR count). The van der Waals surface area contributed by atoms with Gasteiger partial charge in [0.15, 0.2) is 0 Å². The number of nitrogens with zero attached hydrogens (tertiary/aromatic N) is 1. The molecule has 0 aliphatic heterocycles. The average Bonchev–Trinajstić information content (AvgIpc) is 2.44. The Kier molecular flexibility index (Phi) is 8.92. The Hall–Kier alpha value is -0.620. The highest BCUT2D eigenvalue weighted by atomic mass is 79.9. The molecule has 0 amide bonds. The van der Waals surface area contributed by atoms with Crippen LogP contribution in [0.2, 0.25) is 0 Å². The van der Waals surface area contributed by atoms with Gasteiger partial charge in [-0.1, -0.05) is 22.0 Å². The number of rotatable bonds is 10. The molecule has 120 valence electrons. The fourth-order valence-electron chi connectivity index (χ4n) is 1.79. The molecule has 21 heavy (non-hydrogen) atoms. The summed E-state index contributed by atoms with van der Waals surface area (Å²) in [6.45, 7) is 7.21. The third kappa shape index (κ3) is 8.41. The number of aliphatic hydroxyl groups is 1. The van der Waals surface area contributed by atoms with Crippen LogP contribution >= 0.6 is 15.9 Å². The molecule has 0 radical (unpaired) electrons. The number of ether oxygens (including phenoxy) is 1. The molecule has 0 bridgehead atoms. The Morgan fingerprint density at radius 3 is 2.81 bits per heavy atom. The van der Waals surface area contributed by atoms with Gasteiger partial charge in [0.05, 0.1) is 0 Å². The Labute approximate surface area is 136 Å². The maximum Gasteiger partial charge on any atom is 0.120 e. The van der Waals surface area contributed by atoms with E-state index in [1.807, 2.05) is 24.3 Å². The van der Waals surface area contributed by atoms with Gasteiger partial charge in [-0.3, -0.25) is 0 Å². The Balaban J connectivity index is 2.07. The summed E-state index contributed by atoms with van der Waals surface area (Å²) in [6, 6.07) is 8.21. The van der Waals surface area contributed by atoms with Crippen LogP contribution < -0.4 is 10.1 Å². The summed E-state index contributed by atoms with van der Waals surface area (Å²) in [5.74, 6) is 0.766. The van der Waals surface area contributed by atoms with Crippen LogP contribution in [0.15, 0.2) is 28.7 Å². The van der Waals surface area contributed by atoms with Gasteiger partial charge in [0.2, 0.25) is 0 Å². The van der Waals surface area contributed by atoms with E-state index in [0.29, 0.717) is 19.2 Å². The van der Waals surface area contributed by atoms with Crippen LogP contribution in [0.3, 0.4) is 0 Å². The first kappa shape index (κ1) is 18.4. The van der Waals surface area contributed by atoms with Crippen molar-refractivity contribution >= 4 is 15.9 Å². The number of hydrogen-bond donors (Lipinski definition) is 2. The lowest BCUT2D eigenvalue weighted by molar-refractivity contribution is 0.106. The second-order valence-corrected chi connectivity index (χ2v) is 6.47. The molecule has 0 saturated carbocycles. The van der Waals surface area contributed by atoms with E-state index < -0.39 is 6.10 Å². The zero-order valence-electron chi connectivity index (χ0n) is 13.2. The van der Waals surface area contributed by atoms with Gasteiger partial charge in [0.1, 0.15) is 18.5 Å². The smallest absolute Gasteiger partial charge is 0.120 e. The molecule has 0 saturated heterocycles. The van der Waals surface area contributed by atoms with E-state index in [0.717, 1.165) is 29.7 Å². The Morgan fingerprint density at radius 1 is 1.38 bits per heavy atom. The molecule has 0 aliphatic rings. The predicted molar refractivity (Wildman–Crippen MR) is 90.9 cm³/mol. The summed E-state index contributed by atoms with van der Waals surface area (Å²) >= 11 is 3.39. The molecule has 0 heterocycles. The first-order chi connectivity index (χ1) is 9.99. The molecule has 0 fully saturated rings. The van der Waals surface area contributed by atoms with Gasteiger partial charge in [-0.05, 0) is 58.6 Å². The van der Waals surface area contributed by atoms with Gasteiger partial charge < -0.3 is 20.1 Å². The number of hydrogen-bond acceptors (Lipinski definition) is 4. The van der Waals surface area contributed by atoms with Crippen LogP contribution in [0, 0.1) is 0 Å². The van der Waals surface area contributed by atoms with E-state index in [1.54, 1.807) is 0 Å². The van der Waals surface area contributed by atoms with Gasteiger partial charge in [0, 0.05) is 17.1 Å². The fourth-order valence-corrected chi connectivity index (χ4v) is 2.17. The zero-order chi connectivity index (χ0) is 15.7. The molecule has 5 heteroatoms. The summed E-state index contributed by atoms with van der Waals surface area (Å²) < 4.78 is 6.52. The van der Waals surface area contributed by atoms with Crippen LogP contribution in [0.4, 0.5) is 0 Å². The van der Waals surface area contributed by atoms with Crippen LogP contribution in [0.25, 0.3) is 0 Å². The molecule has 4 nitrogen and oxygen atoms in total. The molecular formula is C16H27BrN2O2. The predicted octanol–water partition coefficient (Wildman–Crippen LogP) is 2.51. The largest absolute Gasteiger partial charge is 0.491 e. The molecule has 1 atom stereocenters. The van der Waals surface area contributed by atoms with Crippen molar-refractivity contribution in [2.75, 3.05) is 33.3 Å². The van der Waals surface area contributed by atoms with Crippen molar-refractivity contribution < 1.29 is 9.84 Å². The monoisotopic (exact) mass is 358 g/mol. The highest BCUT2D eigenvalue weighted by molar-refractivity contribution is 9.10. The quantitative estimate of drug-likeness (QED) is 0.630. The van der Waals surface area contributed by atoms with Gasteiger partial charge in [0.25, 0.3) is 0 Å². The van der Waals surface area contributed by atoms with Gasteiger partial charge in [-0.15, -0.1) is 0 Å². The molecule has 0 aliphatic carbocycles. The van der Waals surface area contributed by atoms with Crippen molar-refractivity contribution in [3.05, 3.63) is 28.7 Å². The number of halogens is 1. The third-order valence-corrected chi connectivity index (χ3v) is 3.86. The molecule has 1 unspecified atom stereocenters. The van der Waals surface area contributed by atoms with E-state index in [-0.39, 0.29) is 0 Å². The maximum atomic E-state index is 9.87. The zero-order valence-corrected chi connectivity index (χ0v) is 14.8. The molecule has 1 aromatic rings. The lowest BCUT2D eigenvalue weighted by atomic mass is 10.3. The minimum Gasteiger partial charge on any atom is -0.491 e. The Morgan fingerprint density at radius 2 is 2.14 bits per heavy atom. The van der Waals surface area contributed by atoms with Crippen molar-refractivity contribution in [3.8, 4) is 5.75 Å². The molecule has 1 aromatic carbocycles. The first-order valence-electron chi connectivity index (χ1n) is 7.46. The maximum absolute atomic E-state index is 9.87. The highest BCUT2D eigenvalue weighted by Gasteiger charge is 2.06. The molecule has 0 aromatic heterocycles. The minimum absolute atomic E-state index is 0.301. The lowest BCUT2D eigenvalue weighted by Gasteiger charge is -2.21. The molecule has 2 N–H and O–H groups in total. The third-order valence-electron chi connectivity index (χ3n) is 3.36. The standard InChI is InChI=1S/C16H27BrN2O2/c1-13(2)19(3)9-5-8-18-11-15(20)12-21-16-7-4-6-14(17)10-16/h4,6-7,10,13,15,18,20H,5,8-9,11-12H2,1-3H3. The normalized spacial score (nSPS) is 12.9. The van der Waals surface area contributed by atoms with E-state index in [4.69, 9.17) is 4.74 Å². The summed E-state index contributed by atoms with van der Waals surface area (Å²) in [4.78, 5) is 2.31. The first-order valence-corrected chi connectivity index (χ1v) is 8.25. The van der Waals surface area contributed by atoms with Gasteiger partial charge in [-0.25, -0.2) is 0 Å². The number of benzene rings is 1. The van der Waals surface area contributed by atoms with E-state index in [9.17, 15) is 5.11 Å². The van der Waals surface area contributed by atoms with E-state index in [2.05, 4.69) is 47.0 Å². The summed E-state index contributed by atoms with van der Waals surface area (Å²) in [5.41, 5.74) is 0. The van der Waals surface area contributed by atoms with E-state index in [1.165, 1.54) is 0 Å². The van der Waals surface area contributed by atoms with Crippen LogP contribution in [-0.4, -0.2) is 55.4 Å². The average molecular weight is 359 g/mol. The summed E-state index contributed by atoms with van der Waals surface area (Å²) in [6.07, 6.45) is 0.584. The van der Waals surface area contributed by atoms with Crippen molar-refractivity contribution in [1.82, 2.24) is 10.2 Å². The van der Waals surface area contributed by atoms with E-state index >= 15 is 0 Å². The van der Waals surface area contributed by atoms with Crippen LogP contribution in [-0.2, 0) is 0 Å². The van der Waals surface area contributed by atoms with Gasteiger partial charge in [-0.2, -0.15) is 0 Å². The summed E-state index contributed by atoms with van der Waals surface area (Å²) in [7, 11) is 2.13. The van der Waals surface area contributed by atoms with Crippen molar-refractivity contribution in [3.63, 3.8) is 0 Å². The van der Waals surface area contributed by atoms with Crippen molar-refractivity contribution in [1.29, 1.82) is 0 Å². The van der Waals surface area contributed by atoms with Crippen molar-refractivity contribution in [2.24, 2.45) is 0 Å². The second-order valence-electron chi connectivity index (χ2n) is 5.55. The number of aliphatic hydroxyl groups excluding tert-OH is 1. The molecule has 0 spiro atoms.